The molecule has 16 heavy (non-hydrogen) atoms. The molecule has 1 aromatic heterocycles. The molecule has 0 radical (unpaired) electrons. The van der Waals surface area contributed by atoms with Crippen molar-refractivity contribution >= 4 is 5.69 Å². The summed E-state index contributed by atoms with van der Waals surface area (Å²) >= 11 is 0. The largest absolute Gasteiger partial charge is 0.439 e. The summed E-state index contributed by atoms with van der Waals surface area (Å²) in [6.07, 6.45) is 0. The van der Waals surface area contributed by atoms with Gasteiger partial charge in [-0.25, -0.2) is 4.68 Å². The first-order valence-electron chi connectivity index (χ1n) is 5.10. The zero-order valence-corrected chi connectivity index (χ0v) is 9.69. The number of benzene rings is 1. The zero-order chi connectivity index (χ0) is 11.7. The van der Waals surface area contributed by atoms with Crippen molar-refractivity contribution in [3.63, 3.8) is 0 Å². The van der Waals surface area contributed by atoms with Crippen LogP contribution in [0.5, 0.6) is 11.6 Å². The quantitative estimate of drug-likeness (QED) is 0.786. The number of hydrogen-bond donors (Lipinski definition) is 1. The number of anilines is 1. The number of aryl methyl sites for hydroxylation is 3. The molecule has 0 bridgehead atoms. The summed E-state index contributed by atoms with van der Waals surface area (Å²) in [5.74, 6) is 1.45. The third-order valence-electron chi connectivity index (χ3n) is 2.25. The lowest BCUT2D eigenvalue weighted by Crippen LogP contribution is -1.96. The normalized spacial score (nSPS) is 10.4. The second-order valence-electron chi connectivity index (χ2n) is 3.93. The maximum atomic E-state index is 5.75. The standard InChI is InChI=1S/C12H15N3O/c1-8-4-10(13)7-11(5-8)16-12-6-9(2)14-15(12)3/h4-7H,13H2,1-3H3. The van der Waals surface area contributed by atoms with Gasteiger partial charge in [0.1, 0.15) is 5.75 Å². The van der Waals surface area contributed by atoms with Gasteiger partial charge in [0.15, 0.2) is 0 Å². The molecule has 4 heteroatoms. The molecule has 0 aliphatic heterocycles. The molecule has 2 N–H and O–H groups in total. The van der Waals surface area contributed by atoms with Crippen LogP contribution in [-0.2, 0) is 7.05 Å². The third kappa shape index (κ3) is 2.16. The van der Waals surface area contributed by atoms with Gasteiger partial charge in [-0.05, 0) is 31.5 Å². The van der Waals surface area contributed by atoms with Gasteiger partial charge in [-0.3, -0.25) is 0 Å². The van der Waals surface area contributed by atoms with Crippen LogP contribution in [0.25, 0.3) is 0 Å². The Morgan fingerprint density at radius 3 is 2.50 bits per heavy atom. The summed E-state index contributed by atoms with van der Waals surface area (Å²) in [7, 11) is 1.85. The van der Waals surface area contributed by atoms with Gasteiger partial charge in [-0.15, -0.1) is 0 Å². The van der Waals surface area contributed by atoms with Crippen LogP contribution in [0.15, 0.2) is 24.3 Å². The summed E-state index contributed by atoms with van der Waals surface area (Å²) in [5.41, 5.74) is 8.46. The first kappa shape index (κ1) is 10.5. The SMILES string of the molecule is Cc1cc(N)cc(Oc2cc(C)nn2C)c1. The summed E-state index contributed by atoms with van der Waals surface area (Å²) in [5, 5.41) is 4.21. The molecule has 4 nitrogen and oxygen atoms in total. The molecule has 0 amide bonds. The van der Waals surface area contributed by atoms with E-state index in [1.165, 1.54) is 0 Å². The van der Waals surface area contributed by atoms with Gasteiger partial charge in [0.2, 0.25) is 5.88 Å². The van der Waals surface area contributed by atoms with Crippen molar-refractivity contribution < 1.29 is 4.74 Å². The maximum absolute atomic E-state index is 5.75. The lowest BCUT2D eigenvalue weighted by atomic mass is 10.2. The van der Waals surface area contributed by atoms with Crippen LogP contribution in [-0.4, -0.2) is 9.78 Å². The number of nitrogens with two attached hydrogens (primary N) is 1. The van der Waals surface area contributed by atoms with Crippen molar-refractivity contribution in [2.24, 2.45) is 7.05 Å². The molecule has 1 aromatic carbocycles. The van der Waals surface area contributed by atoms with Gasteiger partial charge in [0.25, 0.3) is 0 Å². The smallest absolute Gasteiger partial charge is 0.217 e. The Bertz CT molecular complexity index is 497. The molecule has 0 saturated heterocycles. The van der Waals surface area contributed by atoms with Crippen LogP contribution >= 0.6 is 0 Å². The highest BCUT2D eigenvalue weighted by atomic mass is 16.5. The number of nitrogens with zero attached hydrogens (tertiary/aromatic N) is 2. The summed E-state index contributed by atoms with van der Waals surface area (Å²) < 4.78 is 7.41. The molecular weight excluding hydrogens is 202 g/mol. The molecule has 84 valence electrons. The fraction of sp³-hybridized carbons (Fsp3) is 0.250. The molecule has 2 aromatic rings. The lowest BCUT2D eigenvalue weighted by molar-refractivity contribution is 0.430. The second-order valence-corrected chi connectivity index (χ2v) is 3.93. The minimum absolute atomic E-state index is 0.703. The molecule has 0 aliphatic carbocycles. The van der Waals surface area contributed by atoms with Crippen molar-refractivity contribution in [2.75, 3.05) is 5.73 Å². The molecule has 0 aliphatic rings. The molecule has 0 spiro atoms. The van der Waals surface area contributed by atoms with E-state index >= 15 is 0 Å². The summed E-state index contributed by atoms with van der Waals surface area (Å²) in [4.78, 5) is 0. The predicted octanol–water partition coefficient (Wildman–Crippen LogP) is 2.41. The van der Waals surface area contributed by atoms with Crippen molar-refractivity contribution in [3.05, 3.63) is 35.5 Å². The van der Waals surface area contributed by atoms with Gasteiger partial charge >= 0.3 is 0 Å². The lowest BCUT2D eigenvalue weighted by Gasteiger charge is -2.07. The Balaban J connectivity index is 2.30. The maximum Gasteiger partial charge on any atom is 0.217 e. The highest BCUT2D eigenvalue weighted by Crippen LogP contribution is 2.24. The first-order chi connectivity index (χ1) is 7.54. The van der Waals surface area contributed by atoms with E-state index in [4.69, 9.17) is 10.5 Å². The van der Waals surface area contributed by atoms with Crippen molar-refractivity contribution in [1.82, 2.24) is 9.78 Å². The Labute approximate surface area is 94.6 Å². The van der Waals surface area contributed by atoms with E-state index in [-0.39, 0.29) is 0 Å². The van der Waals surface area contributed by atoms with Gasteiger partial charge in [0.05, 0.1) is 5.69 Å². The van der Waals surface area contributed by atoms with Crippen LogP contribution in [0.4, 0.5) is 5.69 Å². The average molecular weight is 217 g/mol. The van der Waals surface area contributed by atoms with Crippen molar-refractivity contribution in [2.45, 2.75) is 13.8 Å². The van der Waals surface area contributed by atoms with Crippen LogP contribution < -0.4 is 10.5 Å². The molecule has 0 unspecified atom stereocenters. The van der Waals surface area contributed by atoms with Gasteiger partial charge in [0, 0.05) is 24.9 Å². The number of rotatable bonds is 2. The highest BCUT2D eigenvalue weighted by molar-refractivity contribution is 5.48. The topological polar surface area (TPSA) is 53.1 Å². The zero-order valence-electron chi connectivity index (χ0n) is 9.69. The summed E-state index contributed by atoms with van der Waals surface area (Å²) in [6.45, 7) is 3.91. The number of nitrogen functional groups attached to an aromatic ring is 1. The van der Waals surface area contributed by atoms with E-state index in [2.05, 4.69) is 5.10 Å². The fourth-order valence-electron chi connectivity index (χ4n) is 1.64. The monoisotopic (exact) mass is 217 g/mol. The Kier molecular flexibility index (Phi) is 2.56. The van der Waals surface area contributed by atoms with Crippen LogP contribution in [0.1, 0.15) is 11.3 Å². The molecular formula is C12H15N3O. The molecule has 1 heterocycles. The van der Waals surface area contributed by atoms with E-state index < -0.39 is 0 Å². The van der Waals surface area contributed by atoms with E-state index in [1.807, 2.05) is 39.1 Å². The Morgan fingerprint density at radius 1 is 1.19 bits per heavy atom. The predicted molar refractivity (Wildman–Crippen MR) is 63.6 cm³/mol. The molecule has 0 saturated carbocycles. The third-order valence-corrected chi connectivity index (χ3v) is 2.25. The van der Waals surface area contributed by atoms with Crippen LogP contribution in [0, 0.1) is 13.8 Å². The Morgan fingerprint density at radius 2 is 1.94 bits per heavy atom. The van der Waals surface area contributed by atoms with Crippen LogP contribution in [0.3, 0.4) is 0 Å². The average Bonchev–Trinajstić information content (AvgIpc) is 2.43. The fourth-order valence-corrected chi connectivity index (χ4v) is 1.64. The first-order valence-corrected chi connectivity index (χ1v) is 5.10. The minimum Gasteiger partial charge on any atom is -0.439 e. The number of hydrogen-bond acceptors (Lipinski definition) is 3. The highest BCUT2D eigenvalue weighted by Gasteiger charge is 2.05. The molecule has 0 fully saturated rings. The molecule has 2 rings (SSSR count). The van der Waals surface area contributed by atoms with Crippen molar-refractivity contribution in [3.8, 4) is 11.6 Å². The van der Waals surface area contributed by atoms with E-state index in [0.717, 1.165) is 17.0 Å². The minimum atomic E-state index is 0.703. The van der Waals surface area contributed by atoms with Crippen molar-refractivity contribution in [1.29, 1.82) is 0 Å². The van der Waals surface area contributed by atoms with Gasteiger partial charge in [-0.1, -0.05) is 0 Å². The second kappa shape index (κ2) is 3.89. The van der Waals surface area contributed by atoms with E-state index in [9.17, 15) is 0 Å². The summed E-state index contributed by atoms with van der Waals surface area (Å²) in [6, 6.07) is 7.54. The van der Waals surface area contributed by atoms with E-state index in [1.54, 1.807) is 10.7 Å². The molecule has 0 atom stereocenters. The number of aromatic nitrogens is 2. The van der Waals surface area contributed by atoms with Gasteiger partial charge < -0.3 is 10.5 Å². The van der Waals surface area contributed by atoms with Gasteiger partial charge in [-0.2, -0.15) is 5.10 Å². The Hall–Kier alpha value is -1.97. The van der Waals surface area contributed by atoms with E-state index in [0.29, 0.717) is 11.6 Å². The van der Waals surface area contributed by atoms with Crippen LogP contribution in [0.2, 0.25) is 0 Å². The number of ether oxygens (including phenoxy) is 1.